The van der Waals surface area contributed by atoms with Crippen LogP contribution in [0.1, 0.15) is 42.5 Å². The summed E-state index contributed by atoms with van der Waals surface area (Å²) in [7, 11) is -3.50. The van der Waals surface area contributed by atoms with E-state index in [2.05, 4.69) is 26.0 Å². The Hall–Kier alpha value is -5.17. The second-order valence-electron chi connectivity index (χ2n) is 12.6. The molecule has 3 aromatic rings. The molecule has 0 bridgehead atoms. The maximum Gasteiger partial charge on any atom is 0.243 e. The molecule has 0 heterocycles. The van der Waals surface area contributed by atoms with Gasteiger partial charge in [-0.05, 0) is 65.1 Å². The maximum atomic E-state index is 13.9. The minimum Gasteiger partial charge on any atom is -0.399 e. The Balaban J connectivity index is 1.87. The molecule has 0 spiro atoms. The molecule has 7 N–H and O–H groups in total. The molecule has 0 aliphatic rings. The molecule has 0 aromatic heterocycles. The van der Waals surface area contributed by atoms with Gasteiger partial charge in [0, 0.05) is 35.2 Å². The molecule has 3 aromatic carbocycles. The highest BCUT2D eigenvalue weighted by Crippen LogP contribution is 2.14. The van der Waals surface area contributed by atoms with Crippen LogP contribution in [-0.2, 0) is 50.0 Å². The lowest BCUT2D eigenvalue weighted by Crippen LogP contribution is -2.56. The van der Waals surface area contributed by atoms with Gasteiger partial charge in [-0.2, -0.15) is 0 Å². The van der Waals surface area contributed by atoms with Crippen LogP contribution in [0.5, 0.6) is 0 Å². The largest absolute Gasteiger partial charge is 0.399 e. The minimum atomic E-state index is -3.50. The molecular weight excluding hydrogens is 657 g/mol. The lowest BCUT2D eigenvalue weighted by molar-refractivity contribution is -0.132. The van der Waals surface area contributed by atoms with Gasteiger partial charge in [-0.25, -0.2) is 8.42 Å². The average molecular weight is 703 g/mol. The molecule has 1 unspecified atom stereocenters. The Morgan fingerprint density at radius 3 is 1.90 bits per heavy atom. The number of sulfone groups is 1. The number of nitrogens with one attached hydrogen (secondary N) is 3. The summed E-state index contributed by atoms with van der Waals surface area (Å²) in [5.74, 6) is -1.83. The van der Waals surface area contributed by atoms with Crippen molar-refractivity contribution in [3.05, 3.63) is 123 Å². The van der Waals surface area contributed by atoms with Crippen molar-refractivity contribution >= 4 is 33.2 Å². The first-order chi connectivity index (χ1) is 23.8. The zero-order valence-corrected chi connectivity index (χ0v) is 29.3. The van der Waals surface area contributed by atoms with E-state index in [9.17, 15) is 28.3 Å². The zero-order valence-electron chi connectivity index (χ0n) is 28.5. The van der Waals surface area contributed by atoms with Gasteiger partial charge >= 0.3 is 0 Å². The summed E-state index contributed by atoms with van der Waals surface area (Å²) in [6.07, 6.45) is 3.17. The molecule has 266 valence electrons. The molecule has 3 rings (SSSR count). The number of amides is 3. The summed E-state index contributed by atoms with van der Waals surface area (Å²) in [6.45, 7) is 4.16. The molecule has 0 aliphatic heterocycles. The van der Waals surface area contributed by atoms with Crippen LogP contribution < -0.4 is 27.4 Å². The van der Waals surface area contributed by atoms with Crippen LogP contribution >= 0.6 is 0 Å². The van der Waals surface area contributed by atoms with Crippen LogP contribution in [0.3, 0.4) is 0 Å². The molecule has 0 radical (unpaired) electrons. The Labute approximate surface area is 293 Å². The van der Waals surface area contributed by atoms with Gasteiger partial charge in [-0.1, -0.05) is 91.8 Å². The number of azide groups is 1. The number of rotatable bonds is 18. The van der Waals surface area contributed by atoms with E-state index in [1.54, 1.807) is 48.5 Å². The Morgan fingerprint density at radius 1 is 0.780 bits per heavy atom. The van der Waals surface area contributed by atoms with Crippen molar-refractivity contribution in [2.75, 3.05) is 12.0 Å². The number of carbonyl (C=O) groups excluding carboxylic acids is 3. The van der Waals surface area contributed by atoms with Crippen molar-refractivity contribution in [3.63, 3.8) is 0 Å². The van der Waals surface area contributed by atoms with Gasteiger partial charge in [-0.15, -0.1) is 0 Å². The quantitative estimate of drug-likeness (QED) is 0.0574. The first-order valence-corrected chi connectivity index (χ1v) is 18.2. The summed E-state index contributed by atoms with van der Waals surface area (Å²) in [6, 6.07) is 19.2. The van der Waals surface area contributed by atoms with Crippen LogP contribution in [0.15, 0.2) is 95.5 Å². The van der Waals surface area contributed by atoms with Crippen molar-refractivity contribution in [1.82, 2.24) is 16.0 Å². The van der Waals surface area contributed by atoms with Crippen molar-refractivity contribution in [2.24, 2.45) is 16.8 Å². The molecule has 50 heavy (non-hydrogen) atoms. The van der Waals surface area contributed by atoms with Crippen LogP contribution in [0.25, 0.3) is 10.4 Å². The number of nitrogen functional groups attached to an aromatic ring is 1. The van der Waals surface area contributed by atoms with Crippen LogP contribution in [-0.4, -0.2) is 56.6 Å². The number of hydrogen-bond acceptors (Lipinski definition) is 8. The topological polar surface area (TPSA) is 222 Å². The SMILES string of the molecule is CC(C)C[C@H](NC(=O)[C@H](Cc1ccc(N)cc1)NC(=O)C(Cc1ccccc1)N=[N+]=[N-])C(=O)N[C@H](/C=C/S(C)(=O)=O)Cc1ccc(CN)cc1. The van der Waals surface area contributed by atoms with Gasteiger partial charge < -0.3 is 27.4 Å². The molecule has 13 nitrogen and oxygen atoms in total. The fourth-order valence-corrected chi connectivity index (χ4v) is 5.66. The van der Waals surface area contributed by atoms with E-state index in [-0.39, 0.29) is 31.6 Å². The van der Waals surface area contributed by atoms with E-state index in [1.165, 1.54) is 6.08 Å². The fourth-order valence-electron chi connectivity index (χ4n) is 5.18. The number of nitrogens with zero attached hydrogens (tertiary/aromatic N) is 3. The molecule has 4 atom stereocenters. The molecule has 3 amide bonds. The third kappa shape index (κ3) is 13.7. The molecule has 0 saturated heterocycles. The summed E-state index contributed by atoms with van der Waals surface area (Å²) in [4.78, 5) is 44.1. The monoisotopic (exact) mass is 702 g/mol. The standard InChI is InChI=1S/C36H46N8O5S/c1-24(2)19-31(34(45)40-30(17-18-50(3,48)49)20-26-9-11-28(23-37)12-10-26)41-35(46)32(21-27-13-15-29(38)16-14-27)42-36(47)33(43-44-39)22-25-7-5-4-6-8-25/h4-18,24,30-33H,19-23,37-38H2,1-3H3,(H,40,45)(H,41,46)(H,42,47)/b18-17+/t30-,31+,32+,33?/m1/s1. The smallest absolute Gasteiger partial charge is 0.243 e. The maximum absolute atomic E-state index is 13.9. The third-order valence-corrected chi connectivity index (χ3v) is 8.41. The van der Waals surface area contributed by atoms with E-state index in [1.807, 2.05) is 44.2 Å². The number of benzene rings is 3. The van der Waals surface area contributed by atoms with Gasteiger partial charge in [0.05, 0.1) is 6.04 Å². The van der Waals surface area contributed by atoms with Crippen LogP contribution in [0.2, 0.25) is 0 Å². The van der Waals surface area contributed by atoms with E-state index in [0.717, 1.165) is 28.4 Å². The van der Waals surface area contributed by atoms with Gasteiger partial charge in [-0.3, -0.25) is 14.4 Å². The minimum absolute atomic E-state index is 0.0229. The van der Waals surface area contributed by atoms with E-state index < -0.39 is 51.7 Å². The van der Waals surface area contributed by atoms with E-state index >= 15 is 0 Å². The number of nitrogens with two attached hydrogens (primary N) is 2. The predicted octanol–water partition coefficient (Wildman–Crippen LogP) is 3.49. The number of hydrogen-bond donors (Lipinski definition) is 5. The van der Waals surface area contributed by atoms with Gasteiger partial charge in [0.2, 0.25) is 17.7 Å². The lowest BCUT2D eigenvalue weighted by Gasteiger charge is -2.26. The van der Waals surface area contributed by atoms with Crippen molar-refractivity contribution in [3.8, 4) is 0 Å². The highest BCUT2D eigenvalue weighted by molar-refractivity contribution is 7.93. The molecule has 14 heteroatoms. The molecular formula is C36H46N8O5S. The third-order valence-electron chi connectivity index (χ3n) is 7.76. The van der Waals surface area contributed by atoms with Crippen molar-refractivity contribution < 1.29 is 22.8 Å². The average Bonchev–Trinajstić information content (AvgIpc) is 3.07. The Kier molecular flexibility index (Phi) is 15.0. The van der Waals surface area contributed by atoms with Crippen molar-refractivity contribution in [1.29, 1.82) is 0 Å². The van der Waals surface area contributed by atoms with Crippen molar-refractivity contribution in [2.45, 2.75) is 70.2 Å². The highest BCUT2D eigenvalue weighted by Gasteiger charge is 2.30. The zero-order chi connectivity index (χ0) is 36.7. The van der Waals surface area contributed by atoms with Gasteiger partial charge in [0.25, 0.3) is 0 Å². The number of carbonyl (C=O) groups is 3. The second kappa shape index (κ2) is 19.1. The normalized spacial score (nSPS) is 13.9. The van der Waals surface area contributed by atoms with E-state index in [4.69, 9.17) is 11.5 Å². The van der Waals surface area contributed by atoms with Crippen LogP contribution in [0.4, 0.5) is 5.69 Å². The Morgan fingerprint density at radius 2 is 1.32 bits per heavy atom. The molecule has 0 aliphatic carbocycles. The molecule has 0 saturated carbocycles. The summed E-state index contributed by atoms with van der Waals surface area (Å²) < 4.78 is 23.9. The first-order valence-electron chi connectivity index (χ1n) is 16.3. The second-order valence-corrected chi connectivity index (χ2v) is 14.5. The van der Waals surface area contributed by atoms with E-state index in [0.29, 0.717) is 17.8 Å². The summed E-state index contributed by atoms with van der Waals surface area (Å²) >= 11 is 0. The predicted molar refractivity (Wildman–Crippen MR) is 195 cm³/mol. The highest BCUT2D eigenvalue weighted by atomic mass is 32.2. The van der Waals surface area contributed by atoms with Gasteiger partial charge in [0.1, 0.15) is 18.1 Å². The lowest BCUT2D eigenvalue weighted by atomic mass is 9.99. The Bertz CT molecular complexity index is 1760. The first kappa shape index (κ1) is 39.3. The molecule has 0 fully saturated rings. The summed E-state index contributed by atoms with van der Waals surface area (Å²) in [5, 5.41) is 13.2. The summed E-state index contributed by atoms with van der Waals surface area (Å²) in [5.41, 5.74) is 24.5. The van der Waals surface area contributed by atoms with Crippen LogP contribution in [0, 0.1) is 5.92 Å². The fraction of sp³-hybridized carbons (Fsp3) is 0.361. The van der Waals surface area contributed by atoms with Gasteiger partial charge in [0.15, 0.2) is 9.84 Å². The number of anilines is 1.